The molecule has 0 radical (unpaired) electrons. The average Bonchev–Trinajstić information content (AvgIpc) is 1.68. The Morgan fingerprint density at radius 1 is 2.00 bits per heavy atom. The molecular formula is C5H7NO. The third kappa shape index (κ3) is 2.89. The second-order valence-electron chi connectivity index (χ2n) is 0.955. The van der Waals surface area contributed by atoms with Gasteiger partial charge in [-0.1, -0.05) is 6.58 Å². The van der Waals surface area contributed by atoms with Crippen molar-refractivity contribution >= 4 is 5.90 Å². The Kier molecular flexibility index (Phi) is 2.85. The van der Waals surface area contributed by atoms with Gasteiger partial charge in [-0.05, 0) is 0 Å². The van der Waals surface area contributed by atoms with Crippen LogP contribution in [-0.2, 0) is 0 Å². The first-order valence-electron chi connectivity index (χ1n) is 1.95. The van der Waals surface area contributed by atoms with Crippen LogP contribution >= 0.6 is 0 Å². The Hall–Kier alpha value is -0.920. The van der Waals surface area contributed by atoms with Crippen LogP contribution in [0.25, 0.3) is 0 Å². The molecule has 2 nitrogen and oxygen atoms in total. The maximum Gasteiger partial charge on any atom is 0.113 e. The van der Waals surface area contributed by atoms with Crippen LogP contribution in [0.2, 0.25) is 0 Å². The van der Waals surface area contributed by atoms with E-state index in [2.05, 4.69) is 18.5 Å². The molecule has 38 valence electrons. The lowest BCUT2D eigenvalue weighted by molar-refractivity contribution is -0.217. The summed E-state index contributed by atoms with van der Waals surface area (Å²) in [6.07, 6.45) is 1.43. The minimum Gasteiger partial charge on any atom is -0.859 e. The normalized spacial score (nSPS) is 11.1. The average molecular weight is 97.1 g/mol. The van der Waals surface area contributed by atoms with E-state index in [0.29, 0.717) is 0 Å². The number of hydrogen-bond acceptors (Lipinski definition) is 2. The van der Waals surface area contributed by atoms with Crippen LogP contribution in [-0.4, -0.2) is 5.90 Å². The minimum absolute atomic E-state index is 0.214. The molecule has 0 fully saturated rings. The standard InChI is InChI=1S/C5H7NO/c1-3-5(7)6-4-2/h4H,1-3H2. The third-order valence-electron chi connectivity index (χ3n) is 0.449. The molecule has 2 heteroatoms. The van der Waals surface area contributed by atoms with Crippen molar-refractivity contribution in [2.24, 2.45) is 4.99 Å². The Labute approximate surface area is 43.2 Å². The van der Waals surface area contributed by atoms with E-state index >= 15 is 0 Å². The largest absolute Gasteiger partial charge is 0.859 e. The van der Waals surface area contributed by atoms with E-state index in [4.69, 9.17) is 0 Å². The van der Waals surface area contributed by atoms with Crippen molar-refractivity contribution in [1.82, 2.24) is 0 Å². The predicted molar refractivity (Wildman–Crippen MR) is 27.6 cm³/mol. The van der Waals surface area contributed by atoms with Gasteiger partial charge >= 0.3 is 0 Å². The summed E-state index contributed by atoms with van der Waals surface area (Å²) in [4.78, 5) is 3.31. The molecule has 0 aromatic heterocycles. The summed E-state index contributed by atoms with van der Waals surface area (Å²) in [6, 6.07) is 0. The minimum atomic E-state index is -0.227. The molecule has 0 saturated carbocycles. The van der Waals surface area contributed by atoms with Crippen LogP contribution < -0.4 is 5.11 Å². The van der Waals surface area contributed by atoms with Crippen LogP contribution in [0.15, 0.2) is 17.8 Å². The Morgan fingerprint density at radius 2 is 2.57 bits per heavy atom. The van der Waals surface area contributed by atoms with E-state index < -0.39 is 0 Å². The first-order valence-corrected chi connectivity index (χ1v) is 1.95. The van der Waals surface area contributed by atoms with Crippen LogP contribution in [0.1, 0.15) is 6.42 Å². The highest BCUT2D eigenvalue weighted by Gasteiger charge is 1.74. The lowest BCUT2D eigenvalue weighted by Gasteiger charge is -1.97. The van der Waals surface area contributed by atoms with Crippen molar-refractivity contribution in [1.29, 1.82) is 0 Å². The first-order chi connectivity index (χ1) is 3.31. The van der Waals surface area contributed by atoms with Crippen LogP contribution in [0.5, 0.6) is 0 Å². The third-order valence-corrected chi connectivity index (χ3v) is 0.449. The van der Waals surface area contributed by atoms with Gasteiger partial charge in [0.1, 0.15) is 6.42 Å². The van der Waals surface area contributed by atoms with Crippen LogP contribution in [0.3, 0.4) is 0 Å². The second kappa shape index (κ2) is 3.28. The Morgan fingerprint density at radius 3 is 2.71 bits per heavy atom. The van der Waals surface area contributed by atoms with Gasteiger partial charge < -0.3 is 5.11 Å². The zero-order chi connectivity index (χ0) is 5.70. The maximum atomic E-state index is 10.1. The van der Waals surface area contributed by atoms with Gasteiger partial charge in [-0.15, -0.1) is 0 Å². The summed E-state index contributed by atoms with van der Waals surface area (Å²) in [5.41, 5.74) is 0. The van der Waals surface area contributed by atoms with Gasteiger partial charge in [0.05, 0.1) is 6.92 Å². The number of rotatable bonds is 2. The van der Waals surface area contributed by atoms with E-state index in [1.54, 1.807) is 0 Å². The number of hydrogen-bond donors (Lipinski definition) is 0. The SMILES string of the molecule is C=CN=C([O-])C[CH2+]. The van der Waals surface area contributed by atoms with Crippen molar-refractivity contribution in [3.8, 4) is 0 Å². The molecule has 0 bridgehead atoms. The lowest BCUT2D eigenvalue weighted by atomic mass is 10.5. The van der Waals surface area contributed by atoms with E-state index in [-0.39, 0.29) is 12.3 Å². The summed E-state index contributed by atoms with van der Waals surface area (Å²) in [5, 5.41) is 10.1. The highest BCUT2D eigenvalue weighted by Crippen LogP contribution is 1.74. The van der Waals surface area contributed by atoms with Crippen molar-refractivity contribution < 1.29 is 5.11 Å². The molecule has 0 amide bonds. The maximum absolute atomic E-state index is 10.1. The molecule has 0 unspecified atom stereocenters. The second-order valence-corrected chi connectivity index (χ2v) is 0.955. The molecule has 0 saturated heterocycles. The van der Waals surface area contributed by atoms with Crippen molar-refractivity contribution in [2.75, 3.05) is 0 Å². The van der Waals surface area contributed by atoms with Gasteiger partial charge in [0, 0.05) is 12.1 Å². The Bertz CT molecular complexity index is 86.1. The van der Waals surface area contributed by atoms with E-state index in [0.717, 1.165) is 0 Å². The van der Waals surface area contributed by atoms with Crippen molar-refractivity contribution in [3.63, 3.8) is 0 Å². The zero-order valence-corrected chi connectivity index (χ0v) is 4.05. The molecule has 0 heterocycles. The molecule has 0 rings (SSSR count). The number of nitrogens with zero attached hydrogens (tertiary/aromatic N) is 1. The molecule has 0 aliphatic rings. The molecule has 0 aromatic rings. The highest BCUT2D eigenvalue weighted by molar-refractivity contribution is 5.72. The van der Waals surface area contributed by atoms with Crippen molar-refractivity contribution in [3.05, 3.63) is 19.7 Å². The monoisotopic (exact) mass is 97.1 g/mol. The molecule has 0 atom stereocenters. The summed E-state index contributed by atoms with van der Waals surface area (Å²) < 4.78 is 0. The molecule has 0 aromatic carbocycles. The Balaban J connectivity index is 3.49. The fourth-order valence-electron chi connectivity index (χ4n) is 0.166. The van der Waals surface area contributed by atoms with Gasteiger partial charge in [0.25, 0.3) is 0 Å². The quantitative estimate of drug-likeness (QED) is 0.273. The topological polar surface area (TPSA) is 35.4 Å². The summed E-state index contributed by atoms with van der Waals surface area (Å²) >= 11 is 0. The van der Waals surface area contributed by atoms with Gasteiger partial charge in [0.15, 0.2) is 0 Å². The molecular weight excluding hydrogens is 90.1 g/mol. The van der Waals surface area contributed by atoms with Crippen LogP contribution in [0, 0.1) is 6.92 Å². The molecule has 0 spiro atoms. The van der Waals surface area contributed by atoms with Gasteiger partial charge in [-0.3, -0.25) is 4.99 Å². The fraction of sp³-hybridized carbons (Fsp3) is 0.200. The summed E-state index contributed by atoms with van der Waals surface area (Å²) in [6.45, 7) is 6.55. The summed E-state index contributed by atoms with van der Waals surface area (Å²) in [5.74, 6) is -0.227. The molecule has 7 heavy (non-hydrogen) atoms. The van der Waals surface area contributed by atoms with Gasteiger partial charge in [-0.2, -0.15) is 0 Å². The summed E-state index contributed by atoms with van der Waals surface area (Å²) in [7, 11) is 0. The van der Waals surface area contributed by atoms with E-state index in [9.17, 15) is 5.11 Å². The lowest BCUT2D eigenvalue weighted by Crippen LogP contribution is -2.14. The van der Waals surface area contributed by atoms with Gasteiger partial charge in [-0.25, -0.2) is 0 Å². The van der Waals surface area contributed by atoms with Crippen LogP contribution in [0.4, 0.5) is 0 Å². The first kappa shape index (κ1) is 6.08. The molecule has 0 aliphatic carbocycles. The smallest absolute Gasteiger partial charge is 0.113 e. The molecule has 0 aliphatic heterocycles. The zero-order valence-electron chi connectivity index (χ0n) is 4.05. The van der Waals surface area contributed by atoms with E-state index in [1.807, 2.05) is 0 Å². The fourth-order valence-corrected chi connectivity index (χ4v) is 0.166. The van der Waals surface area contributed by atoms with Crippen molar-refractivity contribution in [2.45, 2.75) is 6.42 Å². The van der Waals surface area contributed by atoms with E-state index in [1.165, 1.54) is 6.20 Å². The number of aliphatic imine (C=N–C) groups is 1. The molecule has 0 N–H and O–H groups in total. The van der Waals surface area contributed by atoms with Gasteiger partial charge in [0.2, 0.25) is 0 Å². The highest BCUT2D eigenvalue weighted by atomic mass is 16.3. The predicted octanol–water partition coefficient (Wildman–Crippen LogP) is 0.113.